The van der Waals surface area contributed by atoms with Crippen molar-refractivity contribution in [1.82, 2.24) is 4.90 Å². The Morgan fingerprint density at radius 1 is 1.00 bits per heavy atom. The van der Waals surface area contributed by atoms with Crippen LogP contribution in [0.2, 0.25) is 0 Å². The van der Waals surface area contributed by atoms with E-state index in [1.807, 2.05) is 4.90 Å². The monoisotopic (exact) mass is 287 g/mol. The quantitative estimate of drug-likeness (QED) is 0.627. The second-order valence-electron chi connectivity index (χ2n) is 6.54. The highest BCUT2D eigenvalue weighted by atomic mass is 16.3. The maximum Gasteiger partial charge on any atom is 0.0709 e. The Kier molecular flexibility index (Phi) is 5.27. The first-order valence-electron chi connectivity index (χ1n) is 8.14. The highest BCUT2D eigenvalue weighted by Gasteiger charge is 2.14. The number of nitrogens with zero attached hydrogens (tertiary/aromatic N) is 2. The van der Waals surface area contributed by atoms with Crippen molar-refractivity contribution in [3.05, 3.63) is 29.3 Å². The van der Waals surface area contributed by atoms with E-state index in [4.69, 9.17) is 0 Å². The Hall–Kier alpha value is -1.51. The Morgan fingerprint density at radius 3 is 2.00 bits per heavy atom. The van der Waals surface area contributed by atoms with Crippen molar-refractivity contribution in [1.29, 1.82) is 0 Å². The Balaban J connectivity index is 2.40. The van der Waals surface area contributed by atoms with Crippen LogP contribution in [0.25, 0.3) is 0 Å². The molecule has 0 N–H and O–H groups in total. The summed E-state index contributed by atoms with van der Waals surface area (Å²) in [4.78, 5) is 6.41. The van der Waals surface area contributed by atoms with Gasteiger partial charge in [-0.1, -0.05) is 45.9 Å². The van der Waals surface area contributed by atoms with Crippen LogP contribution < -0.4 is 5.11 Å². The summed E-state index contributed by atoms with van der Waals surface area (Å²) in [5.74, 6) is 0.744. The maximum absolute atomic E-state index is 12.5. The van der Waals surface area contributed by atoms with Crippen molar-refractivity contribution in [2.75, 3.05) is 13.1 Å². The number of amidine groups is 1. The molecular weight excluding hydrogens is 260 g/mol. The van der Waals surface area contributed by atoms with Crippen LogP contribution in [-0.4, -0.2) is 24.0 Å². The smallest absolute Gasteiger partial charge is 0.0709 e. The van der Waals surface area contributed by atoms with Crippen LogP contribution in [0.4, 0.5) is 5.69 Å². The molecule has 0 aromatic heterocycles. The van der Waals surface area contributed by atoms with Crippen molar-refractivity contribution in [3.8, 4) is 0 Å². The predicted octanol–water partition coefficient (Wildman–Crippen LogP) is 3.77. The lowest BCUT2D eigenvalue weighted by Crippen LogP contribution is -2.42. The van der Waals surface area contributed by atoms with Crippen LogP contribution in [0.15, 0.2) is 23.2 Å². The van der Waals surface area contributed by atoms with Crippen molar-refractivity contribution >= 4 is 11.7 Å². The molecule has 1 heterocycles. The summed E-state index contributed by atoms with van der Waals surface area (Å²) in [5.41, 5.74) is 3.25. The number of hydrogen-bond donors (Lipinski definition) is 0. The summed E-state index contributed by atoms with van der Waals surface area (Å²) in [6, 6.07) is 6.21. The standard InChI is InChI=1S/C18H28N2O/c1-13(2)15-9-8-10-16(14(3)4)17(15)19-18(21)20-11-6-5-7-12-20/h8-10,13-14H,5-7,11-12H2,1-4H3,(H,19,21)/p-1. The minimum atomic E-state index is -0.0651. The zero-order valence-corrected chi connectivity index (χ0v) is 13.7. The fourth-order valence-corrected chi connectivity index (χ4v) is 2.89. The largest absolute Gasteiger partial charge is 0.846 e. The van der Waals surface area contributed by atoms with E-state index in [1.165, 1.54) is 17.5 Å². The van der Waals surface area contributed by atoms with Gasteiger partial charge in [0.2, 0.25) is 0 Å². The van der Waals surface area contributed by atoms with Crippen LogP contribution in [0, 0.1) is 0 Å². The van der Waals surface area contributed by atoms with E-state index in [9.17, 15) is 5.11 Å². The lowest BCUT2D eigenvalue weighted by Gasteiger charge is -2.33. The van der Waals surface area contributed by atoms with E-state index in [-0.39, 0.29) is 6.02 Å². The van der Waals surface area contributed by atoms with E-state index < -0.39 is 0 Å². The molecule has 1 fully saturated rings. The maximum atomic E-state index is 12.5. The number of aliphatic imine (C=N–C) groups is 1. The summed E-state index contributed by atoms with van der Waals surface area (Å²) in [7, 11) is 0. The molecule has 1 aliphatic heterocycles. The molecular formula is C18H27N2O-. The molecule has 0 aliphatic carbocycles. The Morgan fingerprint density at radius 2 is 1.52 bits per heavy atom. The van der Waals surface area contributed by atoms with Crippen molar-refractivity contribution < 1.29 is 5.11 Å². The summed E-state index contributed by atoms with van der Waals surface area (Å²) < 4.78 is 0. The fraction of sp³-hybridized carbons (Fsp3) is 0.611. The molecule has 0 saturated carbocycles. The molecule has 3 heteroatoms. The van der Waals surface area contributed by atoms with Gasteiger partial charge in [-0.15, -0.1) is 0 Å². The van der Waals surface area contributed by atoms with E-state index in [0.717, 1.165) is 31.6 Å². The fourth-order valence-electron chi connectivity index (χ4n) is 2.89. The lowest BCUT2D eigenvalue weighted by molar-refractivity contribution is -0.235. The predicted molar refractivity (Wildman–Crippen MR) is 87.1 cm³/mol. The lowest BCUT2D eigenvalue weighted by atomic mass is 9.93. The van der Waals surface area contributed by atoms with Gasteiger partial charge in [-0.05, 0) is 42.2 Å². The molecule has 0 radical (unpaired) electrons. The third-order valence-corrected chi connectivity index (χ3v) is 4.18. The third kappa shape index (κ3) is 3.78. The first-order chi connectivity index (χ1) is 10.0. The molecule has 0 spiro atoms. The molecule has 1 saturated heterocycles. The molecule has 2 rings (SSSR count). The van der Waals surface area contributed by atoms with Gasteiger partial charge in [0.25, 0.3) is 0 Å². The first-order valence-corrected chi connectivity index (χ1v) is 8.14. The number of rotatable bonds is 3. The zero-order chi connectivity index (χ0) is 15.4. The summed E-state index contributed by atoms with van der Waals surface area (Å²) in [6.07, 6.45) is 3.43. The van der Waals surface area contributed by atoms with Crippen LogP contribution in [0.1, 0.15) is 69.9 Å². The molecule has 3 nitrogen and oxygen atoms in total. The van der Waals surface area contributed by atoms with E-state index in [1.54, 1.807) is 0 Å². The van der Waals surface area contributed by atoms with Crippen LogP contribution >= 0.6 is 0 Å². The van der Waals surface area contributed by atoms with Crippen LogP contribution in [0.5, 0.6) is 0 Å². The zero-order valence-electron chi connectivity index (χ0n) is 13.7. The topological polar surface area (TPSA) is 38.7 Å². The van der Waals surface area contributed by atoms with Gasteiger partial charge >= 0.3 is 0 Å². The normalized spacial score (nSPS) is 16.9. The number of hydrogen-bond acceptors (Lipinski definition) is 2. The van der Waals surface area contributed by atoms with Gasteiger partial charge in [0.05, 0.1) is 11.7 Å². The third-order valence-electron chi connectivity index (χ3n) is 4.18. The highest BCUT2D eigenvalue weighted by molar-refractivity contribution is 5.75. The average molecular weight is 287 g/mol. The Bertz CT molecular complexity index is 474. The number of para-hydroxylation sites is 1. The van der Waals surface area contributed by atoms with Crippen LogP contribution in [0.3, 0.4) is 0 Å². The average Bonchev–Trinajstić information content (AvgIpc) is 2.47. The van der Waals surface area contributed by atoms with Gasteiger partial charge in [0.1, 0.15) is 0 Å². The van der Waals surface area contributed by atoms with Crippen molar-refractivity contribution in [3.63, 3.8) is 0 Å². The first kappa shape index (κ1) is 15.9. The SMILES string of the molecule is CC(C)c1cccc(C(C)C)c1N=C([O-])N1CCCCC1. The number of piperidine rings is 1. The van der Waals surface area contributed by atoms with Crippen LogP contribution in [-0.2, 0) is 0 Å². The molecule has 0 atom stereocenters. The second-order valence-corrected chi connectivity index (χ2v) is 6.54. The van der Waals surface area contributed by atoms with E-state index in [2.05, 4.69) is 50.9 Å². The molecule has 1 aliphatic rings. The molecule has 0 unspecified atom stereocenters. The molecule has 1 aromatic carbocycles. The van der Waals surface area contributed by atoms with Gasteiger partial charge in [0, 0.05) is 13.1 Å². The summed E-state index contributed by atoms with van der Waals surface area (Å²) >= 11 is 0. The molecule has 0 amide bonds. The van der Waals surface area contributed by atoms with Crippen molar-refractivity contribution in [2.45, 2.75) is 58.8 Å². The number of benzene rings is 1. The number of likely N-dealkylation sites (tertiary alicyclic amines) is 1. The summed E-state index contributed by atoms with van der Waals surface area (Å²) in [6.45, 7) is 10.3. The highest BCUT2D eigenvalue weighted by Crippen LogP contribution is 2.34. The van der Waals surface area contributed by atoms with E-state index in [0.29, 0.717) is 11.8 Å². The van der Waals surface area contributed by atoms with Crippen molar-refractivity contribution in [2.24, 2.45) is 4.99 Å². The van der Waals surface area contributed by atoms with Gasteiger partial charge < -0.3 is 10.0 Å². The van der Waals surface area contributed by atoms with Gasteiger partial charge in [0.15, 0.2) is 0 Å². The van der Waals surface area contributed by atoms with Gasteiger partial charge in [-0.25, -0.2) is 4.99 Å². The van der Waals surface area contributed by atoms with Gasteiger partial charge in [-0.2, -0.15) is 0 Å². The van der Waals surface area contributed by atoms with E-state index >= 15 is 0 Å². The minimum absolute atomic E-state index is 0.0651. The Labute approximate surface area is 128 Å². The van der Waals surface area contributed by atoms with Gasteiger partial charge in [-0.3, -0.25) is 0 Å². The summed E-state index contributed by atoms with van der Waals surface area (Å²) in [5, 5.41) is 12.5. The molecule has 0 bridgehead atoms. The molecule has 116 valence electrons. The minimum Gasteiger partial charge on any atom is -0.846 e. The molecule has 1 aromatic rings. The second kappa shape index (κ2) is 6.97. The molecule has 21 heavy (non-hydrogen) atoms.